The summed E-state index contributed by atoms with van der Waals surface area (Å²) in [6, 6.07) is 15.9. The van der Waals surface area contributed by atoms with Crippen LogP contribution in [0.2, 0.25) is 0 Å². The van der Waals surface area contributed by atoms with E-state index in [2.05, 4.69) is 39.8 Å². The molecule has 0 spiro atoms. The molecule has 0 aliphatic carbocycles. The van der Waals surface area contributed by atoms with Gasteiger partial charge in [0.25, 0.3) is 0 Å². The van der Waals surface area contributed by atoms with E-state index in [4.69, 9.17) is 9.05 Å². The van der Waals surface area contributed by atoms with Gasteiger partial charge >= 0.3 is 8.25 Å². The Kier molecular flexibility index (Phi) is 12.4. The van der Waals surface area contributed by atoms with Crippen LogP contribution in [0.3, 0.4) is 0 Å². The number of hydrogen-bond donors (Lipinski definition) is 0. The summed E-state index contributed by atoms with van der Waals surface area (Å²) in [6.07, 6.45) is 11.5. The molecular formula is C28H42O3P+. The third-order valence-corrected chi connectivity index (χ3v) is 7.09. The second-order valence-electron chi connectivity index (χ2n) is 8.86. The minimum Gasteiger partial charge on any atom is -0.222 e. The summed E-state index contributed by atoms with van der Waals surface area (Å²) in [5.74, 6) is 2.59. The Balaban J connectivity index is 2.06. The molecule has 32 heavy (non-hydrogen) atoms. The summed E-state index contributed by atoms with van der Waals surface area (Å²) >= 11 is 0. The Morgan fingerprint density at radius 1 is 0.688 bits per heavy atom. The van der Waals surface area contributed by atoms with Crippen molar-refractivity contribution in [2.45, 2.75) is 91.9 Å². The van der Waals surface area contributed by atoms with Crippen molar-refractivity contribution < 1.29 is 13.6 Å². The number of unbranched alkanes of at least 4 members (excludes halogenated alkanes) is 2. The highest BCUT2D eigenvalue weighted by Gasteiger charge is 2.28. The Labute approximate surface area is 196 Å². The minimum absolute atomic E-state index is 0.619. The SMILES string of the molecule is CCCCC(CC)Cc1ccccc1O[P+](=O)Oc1ccccc1CC(CC)CCCC. The Bertz CT molecular complexity index is 739. The average Bonchev–Trinajstić information content (AvgIpc) is 2.81. The average molecular weight is 458 g/mol. The zero-order chi connectivity index (χ0) is 23.2. The topological polar surface area (TPSA) is 35.5 Å². The van der Waals surface area contributed by atoms with Crippen molar-refractivity contribution in [2.75, 3.05) is 0 Å². The van der Waals surface area contributed by atoms with Crippen LogP contribution < -0.4 is 9.05 Å². The van der Waals surface area contributed by atoms with Crippen molar-refractivity contribution in [3.05, 3.63) is 59.7 Å². The van der Waals surface area contributed by atoms with E-state index in [-0.39, 0.29) is 0 Å². The molecule has 3 nitrogen and oxygen atoms in total. The molecule has 2 aromatic rings. The Hall–Kier alpha value is -1.86. The van der Waals surface area contributed by atoms with Crippen molar-refractivity contribution in [1.82, 2.24) is 0 Å². The summed E-state index contributed by atoms with van der Waals surface area (Å²) in [5, 5.41) is 0. The van der Waals surface area contributed by atoms with Gasteiger partial charge in [0.05, 0.1) is 0 Å². The van der Waals surface area contributed by atoms with Gasteiger partial charge in [-0.1, -0.05) is 115 Å². The number of benzene rings is 2. The van der Waals surface area contributed by atoms with Crippen molar-refractivity contribution >= 4 is 8.25 Å². The third kappa shape index (κ3) is 8.94. The van der Waals surface area contributed by atoms with Crippen LogP contribution in [0.15, 0.2) is 48.5 Å². The molecule has 0 N–H and O–H groups in total. The zero-order valence-corrected chi connectivity index (χ0v) is 21.4. The molecule has 2 unspecified atom stereocenters. The van der Waals surface area contributed by atoms with Crippen LogP contribution >= 0.6 is 8.25 Å². The molecule has 0 heterocycles. The van der Waals surface area contributed by atoms with Crippen molar-refractivity contribution in [3.63, 3.8) is 0 Å². The first-order chi connectivity index (χ1) is 15.6. The number of rotatable bonds is 16. The van der Waals surface area contributed by atoms with Gasteiger partial charge in [0.1, 0.15) is 0 Å². The molecule has 176 valence electrons. The van der Waals surface area contributed by atoms with Crippen molar-refractivity contribution in [3.8, 4) is 11.5 Å². The first-order valence-electron chi connectivity index (χ1n) is 12.6. The summed E-state index contributed by atoms with van der Waals surface area (Å²) < 4.78 is 24.5. The highest BCUT2D eigenvalue weighted by molar-refractivity contribution is 7.34. The maximum Gasteiger partial charge on any atom is 0.805 e. The maximum atomic E-state index is 12.8. The van der Waals surface area contributed by atoms with Gasteiger partial charge < -0.3 is 0 Å². The molecule has 0 amide bonds. The van der Waals surface area contributed by atoms with Gasteiger partial charge in [-0.05, 0) is 36.8 Å². The fraction of sp³-hybridized carbons (Fsp3) is 0.571. The molecule has 2 rings (SSSR count). The number of hydrogen-bond acceptors (Lipinski definition) is 3. The summed E-state index contributed by atoms with van der Waals surface area (Å²) in [5.41, 5.74) is 2.22. The molecule has 0 saturated carbocycles. The van der Waals surface area contributed by atoms with Crippen LogP contribution in [-0.2, 0) is 17.4 Å². The monoisotopic (exact) mass is 457 g/mol. The van der Waals surface area contributed by atoms with E-state index in [9.17, 15) is 4.57 Å². The predicted octanol–water partition coefficient (Wildman–Crippen LogP) is 9.32. The van der Waals surface area contributed by atoms with Crippen LogP contribution in [0, 0.1) is 11.8 Å². The van der Waals surface area contributed by atoms with Crippen LogP contribution in [0.4, 0.5) is 0 Å². The van der Waals surface area contributed by atoms with E-state index in [1.165, 1.54) is 38.5 Å². The van der Waals surface area contributed by atoms with E-state index < -0.39 is 8.25 Å². The molecule has 0 aromatic heterocycles. The molecule has 2 aromatic carbocycles. The first kappa shape index (κ1) is 26.4. The van der Waals surface area contributed by atoms with Crippen molar-refractivity contribution in [1.29, 1.82) is 0 Å². The lowest BCUT2D eigenvalue weighted by molar-refractivity contribution is 0.400. The lowest BCUT2D eigenvalue weighted by Crippen LogP contribution is -2.06. The lowest BCUT2D eigenvalue weighted by Gasteiger charge is -2.15. The van der Waals surface area contributed by atoms with Crippen LogP contribution in [0.5, 0.6) is 11.5 Å². The quantitative estimate of drug-likeness (QED) is 0.236. The highest BCUT2D eigenvalue weighted by Crippen LogP contribution is 2.36. The third-order valence-electron chi connectivity index (χ3n) is 6.39. The standard InChI is InChI=1S/C28H42O3P/c1-5-9-15-23(7-3)21-25-17-11-13-19-27(25)30-32(29)31-28-20-14-12-18-26(28)22-24(8-4)16-10-6-2/h11-14,17-20,23-24H,5-10,15-16,21-22H2,1-4H3/q+1. The van der Waals surface area contributed by atoms with E-state index in [0.29, 0.717) is 23.3 Å². The van der Waals surface area contributed by atoms with E-state index in [1.807, 2.05) is 36.4 Å². The van der Waals surface area contributed by atoms with Gasteiger partial charge in [-0.2, -0.15) is 0 Å². The summed E-state index contributed by atoms with van der Waals surface area (Å²) in [7, 11) is -2.30. The molecule has 0 radical (unpaired) electrons. The molecule has 0 saturated heterocycles. The van der Waals surface area contributed by atoms with Gasteiger partial charge in [-0.15, -0.1) is 0 Å². The fourth-order valence-corrected chi connectivity index (χ4v) is 4.93. The van der Waals surface area contributed by atoms with Gasteiger partial charge in [0.2, 0.25) is 0 Å². The summed E-state index contributed by atoms with van der Waals surface area (Å²) in [4.78, 5) is 0. The second-order valence-corrected chi connectivity index (χ2v) is 9.68. The molecule has 0 aliphatic rings. The Morgan fingerprint density at radius 3 is 1.47 bits per heavy atom. The molecule has 0 aliphatic heterocycles. The largest absolute Gasteiger partial charge is 0.805 e. The van der Waals surface area contributed by atoms with Gasteiger partial charge in [-0.25, -0.2) is 9.05 Å². The van der Waals surface area contributed by atoms with E-state index >= 15 is 0 Å². The molecule has 0 fully saturated rings. The first-order valence-corrected chi connectivity index (χ1v) is 13.7. The predicted molar refractivity (Wildman–Crippen MR) is 136 cm³/mol. The maximum absolute atomic E-state index is 12.8. The second kappa shape index (κ2) is 15.1. The highest BCUT2D eigenvalue weighted by atomic mass is 31.1. The molecule has 2 atom stereocenters. The van der Waals surface area contributed by atoms with Crippen LogP contribution in [0.1, 0.15) is 90.2 Å². The fourth-order valence-electron chi connectivity index (χ4n) is 4.21. The molecule has 4 heteroatoms. The Morgan fingerprint density at radius 2 is 1.09 bits per heavy atom. The smallest absolute Gasteiger partial charge is 0.222 e. The van der Waals surface area contributed by atoms with Gasteiger partial charge in [0, 0.05) is 15.7 Å². The summed E-state index contributed by atoms with van der Waals surface area (Å²) in [6.45, 7) is 8.95. The number of para-hydroxylation sites is 2. The normalized spacial score (nSPS) is 13.4. The lowest BCUT2D eigenvalue weighted by atomic mass is 9.92. The molecule has 0 bridgehead atoms. The zero-order valence-electron chi connectivity index (χ0n) is 20.5. The van der Waals surface area contributed by atoms with Crippen LogP contribution in [-0.4, -0.2) is 0 Å². The minimum atomic E-state index is -2.30. The van der Waals surface area contributed by atoms with Gasteiger partial charge in [-0.3, -0.25) is 0 Å². The van der Waals surface area contributed by atoms with Crippen molar-refractivity contribution in [2.24, 2.45) is 11.8 Å². The van der Waals surface area contributed by atoms with Crippen LogP contribution in [0.25, 0.3) is 0 Å². The van der Waals surface area contributed by atoms with Gasteiger partial charge in [0.15, 0.2) is 11.5 Å². The molecular weight excluding hydrogens is 415 g/mol. The van der Waals surface area contributed by atoms with E-state index in [0.717, 1.165) is 36.8 Å². The van der Waals surface area contributed by atoms with E-state index in [1.54, 1.807) is 0 Å².